The van der Waals surface area contributed by atoms with E-state index in [4.69, 9.17) is 9.84 Å². The third-order valence-electron chi connectivity index (χ3n) is 1.81. The molecule has 1 saturated carbocycles. The van der Waals surface area contributed by atoms with E-state index in [1.807, 2.05) is 0 Å². The van der Waals surface area contributed by atoms with Crippen molar-refractivity contribution in [3.63, 3.8) is 0 Å². The molecular weight excluding hydrogens is 120 g/mol. The highest BCUT2D eigenvalue weighted by Gasteiger charge is 2.58. The van der Waals surface area contributed by atoms with Gasteiger partial charge in [0.1, 0.15) is 0 Å². The predicted octanol–water partition coefficient (Wildman–Crippen LogP) is -0.275. The molecule has 0 aromatic rings. The van der Waals surface area contributed by atoms with Crippen LogP contribution in [-0.2, 0) is 9.53 Å². The van der Waals surface area contributed by atoms with E-state index < -0.39 is 11.7 Å². The van der Waals surface area contributed by atoms with Gasteiger partial charge < -0.3 is 9.84 Å². The van der Waals surface area contributed by atoms with Crippen LogP contribution in [0.3, 0.4) is 0 Å². The molecule has 1 aliphatic carbocycles. The molecule has 52 valence electrons. The second-order valence-corrected chi connectivity index (χ2v) is 2.37. The molecule has 3 nitrogen and oxygen atoms in total. The number of carbonyl (C=O) groups is 1. The lowest BCUT2D eigenvalue weighted by molar-refractivity contribution is -0.121. The van der Waals surface area contributed by atoms with Crippen molar-refractivity contribution in [2.24, 2.45) is 0 Å². The Kier molecular flexibility index (Phi) is 1.33. The number of hydrogen-bond acceptors (Lipinski definition) is 3. The van der Waals surface area contributed by atoms with E-state index in [0.29, 0.717) is 6.42 Å². The van der Waals surface area contributed by atoms with E-state index in [9.17, 15) is 4.79 Å². The van der Waals surface area contributed by atoms with E-state index in [2.05, 4.69) is 0 Å². The summed E-state index contributed by atoms with van der Waals surface area (Å²) in [5.41, 5.74) is -0.833. The Hall–Kier alpha value is -0.410. The molecule has 0 saturated heterocycles. The minimum Gasteiger partial charge on any atom is -0.390 e. The predicted molar refractivity (Wildman–Crippen MR) is 31.0 cm³/mol. The molecular formula is C6H10O3. The van der Waals surface area contributed by atoms with Gasteiger partial charge in [0.25, 0.3) is 0 Å². The second-order valence-electron chi connectivity index (χ2n) is 2.37. The number of Topliss-reactive ketones (excluding diaryl/α,β-unsaturated/α-hetero) is 1. The maximum Gasteiger partial charge on any atom is 0.171 e. The Morgan fingerprint density at radius 1 is 1.89 bits per heavy atom. The van der Waals surface area contributed by atoms with E-state index in [1.54, 1.807) is 6.92 Å². The van der Waals surface area contributed by atoms with Gasteiger partial charge in [0.15, 0.2) is 11.4 Å². The first-order valence-corrected chi connectivity index (χ1v) is 2.90. The molecule has 1 rings (SSSR count). The summed E-state index contributed by atoms with van der Waals surface area (Å²) < 4.78 is 4.82. The van der Waals surface area contributed by atoms with Crippen molar-refractivity contribution in [3.8, 4) is 0 Å². The van der Waals surface area contributed by atoms with E-state index >= 15 is 0 Å². The summed E-state index contributed by atoms with van der Waals surface area (Å²) in [6, 6.07) is 0. The van der Waals surface area contributed by atoms with Crippen molar-refractivity contribution in [2.45, 2.75) is 25.0 Å². The second kappa shape index (κ2) is 1.78. The molecule has 9 heavy (non-hydrogen) atoms. The summed E-state index contributed by atoms with van der Waals surface area (Å²) in [5, 5.41) is 8.97. The summed E-state index contributed by atoms with van der Waals surface area (Å²) >= 11 is 0. The summed E-state index contributed by atoms with van der Waals surface area (Å²) in [4.78, 5) is 10.6. The van der Waals surface area contributed by atoms with Gasteiger partial charge in [-0.2, -0.15) is 0 Å². The van der Waals surface area contributed by atoms with Crippen LogP contribution in [0, 0.1) is 0 Å². The SMILES string of the molecule is COC1(C(C)O)CC1=O. The summed E-state index contributed by atoms with van der Waals surface area (Å²) in [5.74, 6) is 0.000000000000000222. The van der Waals surface area contributed by atoms with Crippen molar-refractivity contribution in [1.82, 2.24) is 0 Å². The molecule has 0 aromatic carbocycles. The standard InChI is InChI=1S/C6H10O3/c1-4(7)6(9-2)3-5(6)8/h4,7H,3H2,1-2H3. The van der Waals surface area contributed by atoms with Crippen LogP contribution in [0.4, 0.5) is 0 Å². The first kappa shape index (κ1) is 6.71. The summed E-state index contributed by atoms with van der Waals surface area (Å²) in [6.07, 6.45) is -0.309. The van der Waals surface area contributed by atoms with Gasteiger partial charge in [-0.05, 0) is 6.92 Å². The molecule has 1 fully saturated rings. The quantitative estimate of drug-likeness (QED) is 0.559. The zero-order valence-corrected chi connectivity index (χ0v) is 5.55. The number of hydrogen-bond donors (Lipinski definition) is 1. The van der Waals surface area contributed by atoms with E-state index in [0.717, 1.165) is 0 Å². The lowest BCUT2D eigenvalue weighted by Gasteiger charge is -2.12. The van der Waals surface area contributed by atoms with Crippen LogP contribution in [0.1, 0.15) is 13.3 Å². The highest BCUT2D eigenvalue weighted by atomic mass is 16.5. The van der Waals surface area contributed by atoms with Crippen molar-refractivity contribution in [2.75, 3.05) is 7.11 Å². The smallest absolute Gasteiger partial charge is 0.171 e. The van der Waals surface area contributed by atoms with Crippen molar-refractivity contribution in [3.05, 3.63) is 0 Å². The molecule has 2 unspecified atom stereocenters. The van der Waals surface area contributed by atoms with Crippen LogP contribution in [-0.4, -0.2) is 29.7 Å². The van der Waals surface area contributed by atoms with Crippen LogP contribution < -0.4 is 0 Å². The number of ketones is 1. The highest BCUT2D eigenvalue weighted by molar-refractivity contribution is 6.04. The van der Waals surface area contributed by atoms with Gasteiger partial charge in [-0.25, -0.2) is 0 Å². The van der Waals surface area contributed by atoms with Crippen LogP contribution in [0.5, 0.6) is 0 Å². The van der Waals surface area contributed by atoms with Gasteiger partial charge in [-0.3, -0.25) is 4.79 Å². The lowest BCUT2D eigenvalue weighted by atomic mass is 10.2. The number of rotatable bonds is 2. The van der Waals surface area contributed by atoms with Gasteiger partial charge in [0, 0.05) is 13.5 Å². The number of methoxy groups -OCH3 is 1. The topological polar surface area (TPSA) is 46.5 Å². The highest BCUT2D eigenvalue weighted by Crippen LogP contribution is 2.37. The van der Waals surface area contributed by atoms with Crippen molar-refractivity contribution < 1.29 is 14.6 Å². The molecule has 0 aliphatic heterocycles. The average Bonchev–Trinajstić information content (AvgIpc) is 2.43. The molecule has 0 heterocycles. The maximum absolute atomic E-state index is 10.6. The Balaban J connectivity index is 2.62. The zero-order valence-electron chi connectivity index (χ0n) is 5.55. The number of carbonyl (C=O) groups excluding carboxylic acids is 1. The van der Waals surface area contributed by atoms with Crippen LogP contribution in [0.2, 0.25) is 0 Å². The number of aliphatic hydroxyl groups excluding tert-OH is 1. The molecule has 1 N–H and O–H groups in total. The molecule has 0 amide bonds. The summed E-state index contributed by atoms with van der Waals surface area (Å²) in [7, 11) is 1.44. The average molecular weight is 130 g/mol. The Labute approximate surface area is 53.6 Å². The Morgan fingerprint density at radius 2 is 2.33 bits per heavy atom. The third kappa shape index (κ3) is 0.767. The minimum absolute atomic E-state index is 0.000000000000000222. The van der Waals surface area contributed by atoms with E-state index in [-0.39, 0.29) is 5.78 Å². The van der Waals surface area contributed by atoms with Gasteiger partial charge in [-0.1, -0.05) is 0 Å². The fourth-order valence-electron chi connectivity index (χ4n) is 0.932. The monoisotopic (exact) mass is 130 g/mol. The molecule has 0 radical (unpaired) electrons. The van der Waals surface area contributed by atoms with Gasteiger partial charge in [-0.15, -0.1) is 0 Å². The first-order valence-electron chi connectivity index (χ1n) is 2.90. The van der Waals surface area contributed by atoms with Gasteiger partial charge in [0.05, 0.1) is 6.10 Å². The molecule has 2 atom stereocenters. The normalized spacial score (nSPS) is 36.6. The summed E-state index contributed by atoms with van der Waals surface area (Å²) in [6.45, 7) is 1.56. The molecule has 0 aromatic heterocycles. The van der Waals surface area contributed by atoms with Crippen LogP contribution in [0.25, 0.3) is 0 Å². The third-order valence-corrected chi connectivity index (χ3v) is 1.81. The Bertz CT molecular complexity index is 141. The van der Waals surface area contributed by atoms with Crippen LogP contribution >= 0.6 is 0 Å². The van der Waals surface area contributed by atoms with Gasteiger partial charge >= 0.3 is 0 Å². The molecule has 3 heteroatoms. The minimum atomic E-state index is -0.833. The van der Waals surface area contributed by atoms with Gasteiger partial charge in [0.2, 0.25) is 0 Å². The van der Waals surface area contributed by atoms with Crippen molar-refractivity contribution >= 4 is 5.78 Å². The largest absolute Gasteiger partial charge is 0.390 e. The Morgan fingerprint density at radius 3 is 2.33 bits per heavy atom. The fourth-order valence-corrected chi connectivity index (χ4v) is 0.932. The zero-order chi connectivity index (χ0) is 7.07. The van der Waals surface area contributed by atoms with E-state index in [1.165, 1.54) is 7.11 Å². The molecule has 0 spiro atoms. The number of ether oxygens (including phenoxy) is 1. The maximum atomic E-state index is 10.6. The number of aliphatic hydroxyl groups is 1. The first-order chi connectivity index (χ1) is 4.13. The fraction of sp³-hybridized carbons (Fsp3) is 0.833. The molecule has 0 bridgehead atoms. The lowest BCUT2D eigenvalue weighted by Crippen LogP contribution is -2.29. The molecule has 1 aliphatic rings. The van der Waals surface area contributed by atoms with Crippen molar-refractivity contribution in [1.29, 1.82) is 0 Å². The van der Waals surface area contributed by atoms with Crippen LogP contribution in [0.15, 0.2) is 0 Å².